The minimum Gasteiger partial charge on any atom is -0.476 e. The lowest BCUT2D eigenvalue weighted by atomic mass is 10.0. The molecular weight excluding hydrogens is 466 g/mol. The lowest BCUT2D eigenvalue weighted by Crippen LogP contribution is -2.22. The highest BCUT2D eigenvalue weighted by atomic mass is 35.5. The van der Waals surface area contributed by atoms with E-state index in [-0.39, 0.29) is 22.4 Å². The van der Waals surface area contributed by atoms with Crippen molar-refractivity contribution in [1.29, 1.82) is 0 Å². The normalized spacial score (nSPS) is 12.2. The number of anilines is 1. The van der Waals surface area contributed by atoms with Gasteiger partial charge < -0.3 is 15.4 Å². The number of H-pyrrole nitrogens is 1. The van der Waals surface area contributed by atoms with Gasteiger partial charge in [-0.15, -0.1) is 0 Å². The number of nitrogens with zero attached hydrogens (tertiary/aromatic N) is 3. The second-order valence-corrected chi connectivity index (χ2v) is 8.91. The first kappa shape index (κ1) is 22.6. The first-order chi connectivity index (χ1) is 16.7. The molecule has 0 aliphatic rings. The molecular formula is C26H22ClN5O3. The number of nitrogens with one attached hydrogen (secondary N) is 2. The molecule has 5 rings (SSSR count). The van der Waals surface area contributed by atoms with Gasteiger partial charge in [-0.2, -0.15) is 0 Å². The zero-order valence-corrected chi connectivity index (χ0v) is 20.0. The highest BCUT2D eigenvalue weighted by Gasteiger charge is 2.20. The highest BCUT2D eigenvalue weighted by molar-refractivity contribution is 6.29. The highest BCUT2D eigenvalue weighted by Crippen LogP contribution is 2.30. The molecule has 0 fully saturated rings. The number of fused-ring (bicyclic) bond motifs is 2. The van der Waals surface area contributed by atoms with E-state index < -0.39 is 5.97 Å². The summed E-state index contributed by atoms with van der Waals surface area (Å²) in [5.74, 6) is -0.681. The third-order valence-electron chi connectivity index (χ3n) is 6.03. The van der Waals surface area contributed by atoms with E-state index in [2.05, 4.69) is 15.3 Å². The Morgan fingerprint density at radius 1 is 1.14 bits per heavy atom. The number of para-hydroxylation sites is 1. The molecule has 0 saturated heterocycles. The van der Waals surface area contributed by atoms with Gasteiger partial charge in [0.15, 0.2) is 11.5 Å². The van der Waals surface area contributed by atoms with E-state index in [1.165, 1.54) is 6.07 Å². The molecule has 2 aromatic carbocycles. The van der Waals surface area contributed by atoms with E-state index in [0.717, 1.165) is 27.7 Å². The molecule has 3 heterocycles. The zero-order valence-electron chi connectivity index (χ0n) is 19.3. The van der Waals surface area contributed by atoms with Crippen LogP contribution in [0.15, 0.2) is 59.4 Å². The monoisotopic (exact) mass is 487 g/mol. The van der Waals surface area contributed by atoms with Crippen molar-refractivity contribution in [1.82, 2.24) is 19.5 Å². The van der Waals surface area contributed by atoms with Crippen LogP contribution in [0, 0.1) is 6.92 Å². The summed E-state index contributed by atoms with van der Waals surface area (Å²) in [6.45, 7) is 3.80. The average molecular weight is 488 g/mol. The number of carboxylic acids is 1. The molecule has 0 saturated carbocycles. The number of carboxylic acid groups (broad SMARTS) is 1. The van der Waals surface area contributed by atoms with Crippen molar-refractivity contribution in [3.8, 4) is 11.5 Å². The second kappa shape index (κ2) is 8.56. The Morgan fingerprint density at radius 3 is 2.66 bits per heavy atom. The molecule has 0 radical (unpaired) electrons. The van der Waals surface area contributed by atoms with Crippen LogP contribution in [0.25, 0.3) is 33.3 Å². The summed E-state index contributed by atoms with van der Waals surface area (Å²) in [4.78, 5) is 37.3. The molecule has 1 atom stereocenters. The van der Waals surface area contributed by atoms with Crippen LogP contribution in [-0.4, -0.2) is 30.6 Å². The molecule has 3 aromatic heterocycles. The number of hydrogen-bond donors (Lipinski definition) is 3. The van der Waals surface area contributed by atoms with Crippen LogP contribution < -0.4 is 10.9 Å². The van der Waals surface area contributed by atoms with Gasteiger partial charge in [0.05, 0.1) is 28.3 Å². The first-order valence-corrected chi connectivity index (χ1v) is 11.4. The van der Waals surface area contributed by atoms with Crippen LogP contribution in [0.3, 0.4) is 0 Å². The molecule has 0 aliphatic carbocycles. The summed E-state index contributed by atoms with van der Waals surface area (Å²) < 4.78 is 1.54. The smallest absolute Gasteiger partial charge is 0.356 e. The summed E-state index contributed by atoms with van der Waals surface area (Å²) in [6.07, 6.45) is 0. The van der Waals surface area contributed by atoms with Gasteiger partial charge in [-0.1, -0.05) is 35.9 Å². The first-order valence-electron chi connectivity index (χ1n) is 11.0. The van der Waals surface area contributed by atoms with Gasteiger partial charge in [0.1, 0.15) is 5.15 Å². The SMILES string of the molecule is Cc1cc([C@@H](C)Nc2ccc(Cl)nc2C(=O)O)c2nc(-c3cc4ccccc4[nH]3)n(C)c(=O)c2c1. The number of carbonyl (C=O) groups is 1. The Morgan fingerprint density at radius 2 is 1.91 bits per heavy atom. The quantitative estimate of drug-likeness (QED) is 0.289. The minimum absolute atomic E-state index is 0.0924. The molecule has 176 valence electrons. The molecule has 3 N–H and O–H groups in total. The maximum Gasteiger partial charge on any atom is 0.356 e. The lowest BCUT2D eigenvalue weighted by Gasteiger charge is -2.20. The standard InChI is InChI=1S/C26H22ClN5O3/c1-13-10-16(14(2)28-19-8-9-21(27)30-23(19)26(34)35)22-17(11-13)25(33)32(3)24(31-22)20-12-15-6-4-5-7-18(15)29-20/h4-12,14,28-29H,1-3H3,(H,34,35)/t14-/m1/s1. The molecule has 0 aliphatic heterocycles. The Hall–Kier alpha value is -4.17. The number of rotatable bonds is 5. The van der Waals surface area contributed by atoms with E-state index >= 15 is 0 Å². The number of aryl methyl sites for hydroxylation is 1. The predicted molar refractivity (Wildman–Crippen MR) is 137 cm³/mol. The fourth-order valence-corrected chi connectivity index (χ4v) is 4.49. The number of benzene rings is 2. The molecule has 5 aromatic rings. The number of aromatic amines is 1. The van der Waals surface area contributed by atoms with Crippen molar-refractivity contribution < 1.29 is 9.90 Å². The predicted octanol–water partition coefficient (Wildman–Crippen LogP) is 5.31. The fraction of sp³-hybridized carbons (Fsp3) is 0.154. The molecule has 0 amide bonds. The number of aromatic nitrogens is 4. The van der Waals surface area contributed by atoms with Crippen LogP contribution in [0.5, 0.6) is 0 Å². The van der Waals surface area contributed by atoms with Gasteiger partial charge in [0, 0.05) is 23.5 Å². The lowest BCUT2D eigenvalue weighted by molar-refractivity contribution is 0.0691. The van der Waals surface area contributed by atoms with Crippen LogP contribution >= 0.6 is 11.6 Å². The van der Waals surface area contributed by atoms with Crippen molar-refractivity contribution in [3.63, 3.8) is 0 Å². The Balaban J connectivity index is 1.67. The van der Waals surface area contributed by atoms with Crippen LogP contribution in [0.2, 0.25) is 5.15 Å². The van der Waals surface area contributed by atoms with Crippen molar-refractivity contribution in [2.45, 2.75) is 19.9 Å². The largest absolute Gasteiger partial charge is 0.476 e. The Labute approximate surface area is 205 Å². The average Bonchev–Trinajstić information content (AvgIpc) is 3.26. The van der Waals surface area contributed by atoms with E-state index in [0.29, 0.717) is 22.4 Å². The van der Waals surface area contributed by atoms with Crippen molar-refractivity contribution in [2.24, 2.45) is 7.05 Å². The third kappa shape index (κ3) is 4.02. The number of aromatic carboxylic acids is 1. The summed E-state index contributed by atoms with van der Waals surface area (Å²) in [5, 5.41) is 14.4. The van der Waals surface area contributed by atoms with E-state index in [1.54, 1.807) is 17.7 Å². The van der Waals surface area contributed by atoms with Gasteiger partial charge in [-0.05, 0) is 49.7 Å². The van der Waals surface area contributed by atoms with Crippen molar-refractivity contribution >= 4 is 45.1 Å². The van der Waals surface area contributed by atoms with E-state index in [1.807, 2.05) is 56.3 Å². The topological polar surface area (TPSA) is 113 Å². The molecule has 0 spiro atoms. The van der Waals surface area contributed by atoms with E-state index in [4.69, 9.17) is 16.6 Å². The number of halogens is 1. The summed E-state index contributed by atoms with van der Waals surface area (Å²) in [5.41, 5.74) is 3.87. The maximum atomic E-state index is 13.4. The van der Waals surface area contributed by atoms with Gasteiger partial charge >= 0.3 is 5.97 Å². The van der Waals surface area contributed by atoms with Crippen molar-refractivity contribution in [3.05, 3.63) is 86.9 Å². The van der Waals surface area contributed by atoms with Crippen LogP contribution in [-0.2, 0) is 7.05 Å². The van der Waals surface area contributed by atoms with Gasteiger partial charge in [0.25, 0.3) is 5.56 Å². The van der Waals surface area contributed by atoms with Gasteiger partial charge in [-0.3, -0.25) is 9.36 Å². The minimum atomic E-state index is -1.19. The second-order valence-electron chi connectivity index (χ2n) is 8.52. The molecule has 9 heteroatoms. The summed E-state index contributed by atoms with van der Waals surface area (Å²) in [6, 6.07) is 16.3. The molecule has 8 nitrogen and oxygen atoms in total. The summed E-state index contributed by atoms with van der Waals surface area (Å²) in [7, 11) is 1.71. The van der Waals surface area contributed by atoms with Crippen LogP contribution in [0.1, 0.15) is 34.6 Å². The van der Waals surface area contributed by atoms with Crippen LogP contribution in [0.4, 0.5) is 5.69 Å². The zero-order chi connectivity index (χ0) is 24.9. The Kier molecular flexibility index (Phi) is 5.53. The molecule has 35 heavy (non-hydrogen) atoms. The molecule has 0 bridgehead atoms. The molecule has 0 unspecified atom stereocenters. The maximum absolute atomic E-state index is 13.4. The summed E-state index contributed by atoms with van der Waals surface area (Å²) >= 11 is 5.90. The third-order valence-corrected chi connectivity index (χ3v) is 6.24. The van der Waals surface area contributed by atoms with E-state index in [9.17, 15) is 14.7 Å². The Bertz CT molecular complexity index is 1660. The van der Waals surface area contributed by atoms with Gasteiger partial charge in [0.2, 0.25) is 0 Å². The number of pyridine rings is 1. The van der Waals surface area contributed by atoms with Gasteiger partial charge in [-0.25, -0.2) is 14.8 Å². The fourth-order valence-electron chi connectivity index (χ4n) is 4.34. The van der Waals surface area contributed by atoms with Crippen molar-refractivity contribution in [2.75, 3.05) is 5.32 Å². The number of hydrogen-bond acceptors (Lipinski definition) is 5.